The third kappa shape index (κ3) is 4.48. The molecule has 0 aromatic heterocycles. The first-order chi connectivity index (χ1) is 9.05. The number of hydrogen-bond acceptors (Lipinski definition) is 3. The number of piperidine rings is 1. The van der Waals surface area contributed by atoms with Crippen molar-refractivity contribution in [2.24, 2.45) is 0 Å². The van der Waals surface area contributed by atoms with E-state index in [0.717, 1.165) is 5.56 Å². The third-order valence-electron chi connectivity index (χ3n) is 2.85. The van der Waals surface area contributed by atoms with Crippen LogP contribution < -0.4 is 10.6 Å². The maximum atomic E-state index is 13.1. The smallest absolute Gasteiger partial charge is 0.407 e. The fourth-order valence-electron chi connectivity index (χ4n) is 1.97. The maximum absolute atomic E-state index is 13.1. The van der Waals surface area contributed by atoms with E-state index in [1.54, 1.807) is 0 Å². The van der Waals surface area contributed by atoms with Gasteiger partial charge >= 0.3 is 6.09 Å². The van der Waals surface area contributed by atoms with Crippen molar-refractivity contribution < 1.29 is 18.3 Å². The lowest BCUT2D eigenvalue weighted by atomic mass is 10.0. The van der Waals surface area contributed by atoms with Gasteiger partial charge in [-0.3, -0.25) is 0 Å². The Hall–Kier alpha value is -1.69. The van der Waals surface area contributed by atoms with Gasteiger partial charge in [-0.25, -0.2) is 13.6 Å². The van der Waals surface area contributed by atoms with Crippen LogP contribution in [0.5, 0.6) is 0 Å². The number of ether oxygens (including phenoxy) is 1. The quantitative estimate of drug-likeness (QED) is 0.882. The summed E-state index contributed by atoms with van der Waals surface area (Å²) in [6.07, 6.45) is -1.03. The molecular weight excluding hydrogens is 254 g/mol. The average Bonchev–Trinajstić information content (AvgIpc) is 2.36. The zero-order valence-electron chi connectivity index (χ0n) is 10.4. The summed E-state index contributed by atoms with van der Waals surface area (Å²) in [6.45, 7) is 0.115. The highest BCUT2D eigenvalue weighted by Crippen LogP contribution is 2.22. The first-order valence-corrected chi connectivity index (χ1v) is 6.11. The Labute approximate surface area is 110 Å². The molecule has 1 atom stereocenters. The predicted molar refractivity (Wildman–Crippen MR) is 66.0 cm³/mol. The molecule has 1 amide bonds. The van der Waals surface area contributed by atoms with Gasteiger partial charge in [-0.15, -0.1) is 0 Å². The molecular formula is C13H16F2N2O2. The molecule has 1 fully saturated rings. The largest absolute Gasteiger partial charge is 0.445 e. The van der Waals surface area contributed by atoms with Crippen molar-refractivity contribution in [3.8, 4) is 0 Å². The summed E-state index contributed by atoms with van der Waals surface area (Å²) in [7, 11) is 0. The lowest BCUT2D eigenvalue weighted by Crippen LogP contribution is -2.53. The molecule has 1 aliphatic rings. The van der Waals surface area contributed by atoms with Crippen LogP contribution in [0.25, 0.3) is 0 Å². The van der Waals surface area contributed by atoms with E-state index in [0.29, 0.717) is 6.54 Å². The SMILES string of the molecule is O=C(NC1CNCC(F)(F)C1)OCc1ccccc1. The number of amides is 1. The minimum atomic E-state index is -2.78. The number of alkyl halides is 2. The Kier molecular flexibility index (Phi) is 4.31. The average molecular weight is 270 g/mol. The molecule has 0 radical (unpaired) electrons. The highest BCUT2D eigenvalue weighted by Gasteiger charge is 2.36. The van der Waals surface area contributed by atoms with Crippen LogP contribution in [0.15, 0.2) is 30.3 Å². The van der Waals surface area contributed by atoms with Crippen molar-refractivity contribution in [3.63, 3.8) is 0 Å². The van der Waals surface area contributed by atoms with Gasteiger partial charge < -0.3 is 15.4 Å². The van der Waals surface area contributed by atoms with Crippen LogP contribution in [0.2, 0.25) is 0 Å². The van der Waals surface area contributed by atoms with Crippen molar-refractivity contribution in [1.29, 1.82) is 0 Å². The molecule has 1 heterocycles. The van der Waals surface area contributed by atoms with Crippen LogP contribution in [-0.4, -0.2) is 31.1 Å². The van der Waals surface area contributed by atoms with E-state index in [9.17, 15) is 13.6 Å². The molecule has 1 aromatic rings. The standard InChI is InChI=1S/C13H16F2N2O2/c14-13(15)6-11(7-16-9-13)17-12(18)19-8-10-4-2-1-3-5-10/h1-5,11,16H,6-9H2,(H,17,18). The summed E-state index contributed by atoms with van der Waals surface area (Å²) in [5.74, 6) is -2.78. The normalized spacial score (nSPS) is 21.7. The molecule has 0 aliphatic carbocycles. The molecule has 104 valence electrons. The molecule has 6 heteroatoms. The molecule has 0 spiro atoms. The number of carbonyl (C=O) groups is 1. The van der Waals surface area contributed by atoms with Crippen LogP contribution in [0.1, 0.15) is 12.0 Å². The first kappa shape index (κ1) is 13.7. The van der Waals surface area contributed by atoms with Gasteiger partial charge in [0.1, 0.15) is 6.61 Å². The number of rotatable bonds is 3. The molecule has 1 aliphatic heterocycles. The Balaban J connectivity index is 1.75. The van der Waals surface area contributed by atoms with Crippen LogP contribution in [0.3, 0.4) is 0 Å². The van der Waals surface area contributed by atoms with Gasteiger partial charge in [-0.1, -0.05) is 30.3 Å². The summed E-state index contributed by atoms with van der Waals surface area (Å²) in [5, 5.41) is 5.03. The van der Waals surface area contributed by atoms with Crippen LogP contribution in [0, 0.1) is 0 Å². The summed E-state index contributed by atoms with van der Waals surface area (Å²) in [5.41, 5.74) is 0.852. The molecule has 1 saturated heterocycles. The third-order valence-corrected chi connectivity index (χ3v) is 2.85. The highest BCUT2D eigenvalue weighted by atomic mass is 19.3. The van der Waals surface area contributed by atoms with Gasteiger partial charge in [-0.2, -0.15) is 0 Å². The number of hydrogen-bond donors (Lipinski definition) is 2. The topological polar surface area (TPSA) is 50.4 Å². The molecule has 19 heavy (non-hydrogen) atoms. The van der Waals surface area contributed by atoms with E-state index in [-0.39, 0.29) is 19.6 Å². The van der Waals surface area contributed by atoms with Crippen molar-refractivity contribution in [1.82, 2.24) is 10.6 Å². The summed E-state index contributed by atoms with van der Waals surface area (Å²) < 4.78 is 31.2. The number of halogens is 2. The second kappa shape index (κ2) is 5.97. The summed E-state index contributed by atoms with van der Waals surface area (Å²) in [4.78, 5) is 11.5. The lowest BCUT2D eigenvalue weighted by molar-refractivity contribution is -0.0308. The zero-order chi connectivity index (χ0) is 13.7. The van der Waals surface area contributed by atoms with Gasteiger partial charge in [0.15, 0.2) is 0 Å². The number of carbonyl (C=O) groups excluding carboxylic acids is 1. The number of benzene rings is 1. The summed E-state index contributed by atoms with van der Waals surface area (Å²) in [6, 6.07) is 8.57. The van der Waals surface area contributed by atoms with Gasteiger partial charge in [0, 0.05) is 13.0 Å². The minimum Gasteiger partial charge on any atom is -0.445 e. The number of alkyl carbamates (subject to hydrolysis) is 1. The van der Waals surface area contributed by atoms with Crippen LogP contribution >= 0.6 is 0 Å². The van der Waals surface area contributed by atoms with Crippen molar-refractivity contribution in [2.75, 3.05) is 13.1 Å². The van der Waals surface area contributed by atoms with Crippen LogP contribution in [0.4, 0.5) is 13.6 Å². The predicted octanol–water partition coefficient (Wildman–Crippen LogP) is 1.91. The maximum Gasteiger partial charge on any atom is 0.407 e. The van der Waals surface area contributed by atoms with Crippen molar-refractivity contribution in [3.05, 3.63) is 35.9 Å². The monoisotopic (exact) mass is 270 g/mol. The van der Waals surface area contributed by atoms with Gasteiger partial charge in [0.05, 0.1) is 12.6 Å². The summed E-state index contributed by atoms with van der Waals surface area (Å²) >= 11 is 0. The fraction of sp³-hybridized carbons (Fsp3) is 0.462. The Morgan fingerprint density at radius 3 is 2.84 bits per heavy atom. The highest BCUT2D eigenvalue weighted by molar-refractivity contribution is 5.67. The Morgan fingerprint density at radius 2 is 2.16 bits per heavy atom. The molecule has 1 unspecified atom stereocenters. The molecule has 0 bridgehead atoms. The molecule has 2 N–H and O–H groups in total. The van der Waals surface area contributed by atoms with E-state index in [1.807, 2.05) is 30.3 Å². The van der Waals surface area contributed by atoms with Crippen molar-refractivity contribution >= 4 is 6.09 Å². The Bertz CT molecular complexity index is 426. The second-order valence-corrected chi connectivity index (χ2v) is 4.59. The van der Waals surface area contributed by atoms with Crippen LogP contribution in [-0.2, 0) is 11.3 Å². The van der Waals surface area contributed by atoms with E-state index in [1.165, 1.54) is 0 Å². The van der Waals surface area contributed by atoms with E-state index >= 15 is 0 Å². The fourth-order valence-corrected chi connectivity index (χ4v) is 1.97. The zero-order valence-corrected chi connectivity index (χ0v) is 10.4. The van der Waals surface area contributed by atoms with Gasteiger partial charge in [0.2, 0.25) is 0 Å². The number of nitrogens with one attached hydrogen (secondary N) is 2. The molecule has 2 rings (SSSR count). The molecule has 1 aromatic carbocycles. The van der Waals surface area contributed by atoms with Crippen molar-refractivity contribution in [2.45, 2.75) is 25.0 Å². The minimum absolute atomic E-state index is 0.128. The first-order valence-electron chi connectivity index (χ1n) is 6.11. The van der Waals surface area contributed by atoms with Gasteiger partial charge in [-0.05, 0) is 5.56 Å². The van der Waals surface area contributed by atoms with E-state index in [4.69, 9.17) is 4.74 Å². The molecule has 0 saturated carbocycles. The Morgan fingerprint density at radius 1 is 1.42 bits per heavy atom. The second-order valence-electron chi connectivity index (χ2n) is 4.59. The molecule has 4 nitrogen and oxygen atoms in total. The lowest BCUT2D eigenvalue weighted by Gasteiger charge is -2.29. The van der Waals surface area contributed by atoms with Gasteiger partial charge in [0.25, 0.3) is 5.92 Å². The van der Waals surface area contributed by atoms with E-state index < -0.39 is 18.1 Å². The van der Waals surface area contributed by atoms with E-state index in [2.05, 4.69) is 10.6 Å².